The molecule has 1 aliphatic carbocycles. The fourth-order valence-corrected chi connectivity index (χ4v) is 10.3. The van der Waals surface area contributed by atoms with E-state index in [-0.39, 0.29) is 46.4 Å². The van der Waals surface area contributed by atoms with E-state index in [1.54, 1.807) is 13.2 Å². The van der Waals surface area contributed by atoms with Crippen LogP contribution in [-0.4, -0.2) is 53.3 Å². The van der Waals surface area contributed by atoms with Crippen LogP contribution < -0.4 is 4.74 Å². The predicted molar refractivity (Wildman–Crippen MR) is 156 cm³/mol. The van der Waals surface area contributed by atoms with Crippen molar-refractivity contribution < 1.29 is 24.2 Å². The molecule has 1 saturated heterocycles. The number of unbranched alkanes of at least 4 members (excludes halogenated alkanes) is 1. The van der Waals surface area contributed by atoms with Crippen LogP contribution in [0.3, 0.4) is 0 Å². The molecule has 1 aromatic carbocycles. The molecule has 0 amide bonds. The van der Waals surface area contributed by atoms with Gasteiger partial charge in [-0.1, -0.05) is 66.3 Å². The zero-order valence-electron chi connectivity index (χ0n) is 22.8. The number of phenolic OH excluding ortho intramolecular Hbond substituents is 1. The normalized spacial score (nSPS) is 27.7. The number of ether oxygens (including phenoxy) is 2. The first-order valence-corrected chi connectivity index (χ1v) is 16.2. The van der Waals surface area contributed by atoms with Gasteiger partial charge in [0.25, 0.3) is 0 Å². The number of carbonyl (C=O) groups is 2. The third-order valence-electron chi connectivity index (χ3n) is 8.33. The molecule has 1 spiro atoms. The maximum atomic E-state index is 13.9. The number of nitrogens with zero attached hydrogens (tertiary/aromatic N) is 1. The summed E-state index contributed by atoms with van der Waals surface area (Å²) in [6.45, 7) is 4.31. The molecule has 4 rings (SSSR count). The highest BCUT2D eigenvalue weighted by atomic mass is 33.1. The minimum Gasteiger partial charge on any atom is -0.504 e. The van der Waals surface area contributed by atoms with Crippen molar-refractivity contribution in [2.24, 2.45) is 16.8 Å². The van der Waals surface area contributed by atoms with Crippen LogP contribution in [0.4, 0.5) is 0 Å². The van der Waals surface area contributed by atoms with E-state index in [0.29, 0.717) is 18.7 Å². The molecule has 2 heterocycles. The molecule has 0 unspecified atom stereocenters. The summed E-state index contributed by atoms with van der Waals surface area (Å²) in [6.07, 6.45) is 11.7. The Hall–Kier alpha value is -1.93. The Labute approximate surface area is 234 Å². The summed E-state index contributed by atoms with van der Waals surface area (Å²) in [5.74, 6) is 1.44. The summed E-state index contributed by atoms with van der Waals surface area (Å²) in [5.41, 5.74) is 2.24. The Morgan fingerprint density at radius 1 is 1.24 bits per heavy atom. The van der Waals surface area contributed by atoms with E-state index in [4.69, 9.17) is 9.47 Å². The van der Waals surface area contributed by atoms with Crippen molar-refractivity contribution in [2.75, 3.05) is 19.4 Å². The summed E-state index contributed by atoms with van der Waals surface area (Å²) in [5, 5.41) is 10.2. The van der Waals surface area contributed by atoms with Crippen molar-refractivity contribution in [3.8, 4) is 11.5 Å². The number of benzene rings is 1. The number of carbonyl (C=O) groups excluding carboxylic acids is 2. The number of esters is 1. The van der Waals surface area contributed by atoms with Gasteiger partial charge in [0.2, 0.25) is 0 Å². The van der Waals surface area contributed by atoms with Gasteiger partial charge >= 0.3 is 5.97 Å². The number of methoxy groups -OCH3 is 1. The van der Waals surface area contributed by atoms with E-state index in [9.17, 15) is 14.7 Å². The molecule has 2 fully saturated rings. The highest BCUT2D eigenvalue weighted by molar-refractivity contribution is 8.77. The van der Waals surface area contributed by atoms with Crippen LogP contribution in [0.15, 0.2) is 34.8 Å². The van der Waals surface area contributed by atoms with Gasteiger partial charge < -0.3 is 14.6 Å². The van der Waals surface area contributed by atoms with Crippen molar-refractivity contribution in [1.29, 1.82) is 0 Å². The number of ketones is 1. The molecule has 208 valence electrons. The molecule has 38 heavy (non-hydrogen) atoms. The van der Waals surface area contributed by atoms with Crippen LogP contribution in [0, 0.1) is 11.8 Å². The molecule has 0 radical (unpaired) electrons. The van der Waals surface area contributed by atoms with Gasteiger partial charge in [-0.3, -0.25) is 14.6 Å². The van der Waals surface area contributed by atoms with Gasteiger partial charge in [-0.25, -0.2) is 0 Å². The van der Waals surface area contributed by atoms with E-state index in [1.165, 1.54) is 12.5 Å². The van der Waals surface area contributed by atoms with Crippen molar-refractivity contribution >= 4 is 39.6 Å². The molecule has 3 aliphatic rings. The van der Waals surface area contributed by atoms with Gasteiger partial charge in [0, 0.05) is 54.2 Å². The first-order chi connectivity index (χ1) is 18.4. The summed E-state index contributed by atoms with van der Waals surface area (Å²) >= 11 is 0. The van der Waals surface area contributed by atoms with Gasteiger partial charge in [0.1, 0.15) is 11.9 Å². The Balaban J connectivity index is 1.75. The van der Waals surface area contributed by atoms with Crippen LogP contribution in [0.1, 0.15) is 83.1 Å². The average Bonchev–Trinajstić information content (AvgIpc) is 3.59. The molecule has 1 N–H and O–H groups in total. The fraction of sp³-hybridized carbons (Fsp3) is 0.633. The van der Waals surface area contributed by atoms with Crippen LogP contribution in [-0.2, 0) is 14.3 Å². The molecular weight excluding hydrogens is 518 g/mol. The molecule has 0 aromatic heterocycles. The highest BCUT2D eigenvalue weighted by Gasteiger charge is 2.46. The first kappa shape index (κ1) is 29.1. The molecule has 8 heteroatoms. The number of allylic oxidation sites excluding steroid dienone is 1. The Bertz CT molecular complexity index is 1050. The predicted octanol–water partition coefficient (Wildman–Crippen LogP) is 6.91. The molecular formula is C30H41NO5S2. The van der Waals surface area contributed by atoms with Gasteiger partial charge in [-0.2, -0.15) is 0 Å². The van der Waals surface area contributed by atoms with Crippen molar-refractivity contribution in [1.82, 2.24) is 0 Å². The van der Waals surface area contributed by atoms with Gasteiger partial charge in [-0.15, -0.1) is 0 Å². The molecule has 6 nitrogen and oxygen atoms in total. The zero-order chi connectivity index (χ0) is 27.1. The first-order valence-electron chi connectivity index (χ1n) is 13.9. The lowest BCUT2D eigenvalue weighted by Gasteiger charge is -2.37. The third kappa shape index (κ3) is 6.79. The minimum absolute atomic E-state index is 0.0135. The Kier molecular flexibility index (Phi) is 10.3. The Morgan fingerprint density at radius 3 is 2.68 bits per heavy atom. The molecule has 2 aliphatic heterocycles. The number of Topliss-reactive ketones (excluding diaryl/α,β-unsaturated/α-hetero) is 1. The smallest absolute Gasteiger partial charge is 0.302 e. The van der Waals surface area contributed by atoms with Crippen molar-refractivity contribution in [3.05, 3.63) is 35.4 Å². The van der Waals surface area contributed by atoms with Crippen LogP contribution in [0.2, 0.25) is 0 Å². The lowest BCUT2D eigenvalue weighted by molar-refractivity contribution is -0.151. The summed E-state index contributed by atoms with van der Waals surface area (Å²) in [7, 11) is 5.41. The van der Waals surface area contributed by atoms with Crippen molar-refractivity contribution in [3.63, 3.8) is 0 Å². The quantitative estimate of drug-likeness (QED) is 0.287. The second-order valence-corrected chi connectivity index (χ2v) is 13.6. The third-order valence-corrected chi connectivity index (χ3v) is 11.7. The molecule has 4 atom stereocenters. The second kappa shape index (κ2) is 13.4. The topological polar surface area (TPSA) is 85.2 Å². The number of aliphatic imine (C=N–C) groups is 1. The van der Waals surface area contributed by atoms with Crippen LogP contribution in [0.5, 0.6) is 11.5 Å². The van der Waals surface area contributed by atoms with E-state index < -0.39 is 6.10 Å². The zero-order valence-corrected chi connectivity index (χ0v) is 24.5. The number of aromatic hydroxyl groups is 1. The fourth-order valence-electron chi connectivity index (χ4n) is 6.40. The van der Waals surface area contributed by atoms with Crippen molar-refractivity contribution in [2.45, 2.75) is 88.4 Å². The summed E-state index contributed by atoms with van der Waals surface area (Å²) < 4.78 is 11.3. The van der Waals surface area contributed by atoms with E-state index in [0.717, 1.165) is 56.3 Å². The standard InChI is InChI=1S/C30H41NO5S2/c1-4-5-8-24-25(22-11-14-31-18-22)19-37-38-30(12-6-7-13-30)26(16-23(33)17-28(24)36-20(2)32)21-9-10-27(34)29(15-21)35-3/h9-11,15,18,24-26,28,34H,4-8,12-14,16-17,19H2,1-3H3/t24-,25-,26-,28-/m0/s1. The molecule has 1 aromatic rings. The van der Waals surface area contributed by atoms with E-state index in [1.807, 2.05) is 39.9 Å². The molecule has 1 saturated carbocycles. The second-order valence-electron chi connectivity index (χ2n) is 10.8. The molecule has 0 bridgehead atoms. The minimum atomic E-state index is -0.454. The lowest BCUT2D eigenvalue weighted by Crippen LogP contribution is -2.36. The summed E-state index contributed by atoms with van der Waals surface area (Å²) in [4.78, 5) is 30.6. The van der Waals surface area contributed by atoms with Crippen LogP contribution >= 0.6 is 21.6 Å². The maximum absolute atomic E-state index is 13.9. The number of rotatable bonds is 7. The van der Waals surface area contributed by atoms with Gasteiger partial charge in [0.15, 0.2) is 11.5 Å². The lowest BCUT2D eigenvalue weighted by atomic mass is 9.76. The van der Waals surface area contributed by atoms with Crippen LogP contribution in [0.25, 0.3) is 0 Å². The van der Waals surface area contributed by atoms with E-state index >= 15 is 0 Å². The largest absolute Gasteiger partial charge is 0.504 e. The summed E-state index contributed by atoms with van der Waals surface area (Å²) in [6, 6.07) is 5.51. The van der Waals surface area contributed by atoms with E-state index in [2.05, 4.69) is 18.0 Å². The SMILES string of the molecule is CCCC[C@@H]1[C@@H](OC(C)=O)CC(=O)C[C@@H](c2ccc(O)c(OC)c2)C2(CCCC2)SSC[C@H]1C1=CCN=C1. The van der Waals surface area contributed by atoms with Gasteiger partial charge in [-0.05, 0) is 42.5 Å². The monoisotopic (exact) mass is 559 g/mol. The number of phenols is 1. The van der Waals surface area contributed by atoms with Gasteiger partial charge in [0.05, 0.1) is 13.7 Å². The maximum Gasteiger partial charge on any atom is 0.302 e. The number of hydrogen-bond donors (Lipinski definition) is 1. The Morgan fingerprint density at radius 2 is 2.03 bits per heavy atom. The highest BCUT2D eigenvalue weighted by Crippen LogP contribution is 2.57. The average molecular weight is 560 g/mol. The number of hydrogen-bond acceptors (Lipinski definition) is 8.